The van der Waals surface area contributed by atoms with Crippen LogP contribution in [0.4, 0.5) is 0 Å². The van der Waals surface area contributed by atoms with Crippen molar-refractivity contribution in [3.63, 3.8) is 0 Å². The van der Waals surface area contributed by atoms with Gasteiger partial charge in [0.1, 0.15) is 5.69 Å². The Hall–Kier alpha value is -0.810. The highest BCUT2D eigenvalue weighted by atomic mass is 79.9. The molecule has 5 heteroatoms. The number of carbonyl (C=O) groups excluding carboxylic acids is 1. The first-order chi connectivity index (χ1) is 9.56. The Kier molecular flexibility index (Phi) is 5.27. The lowest BCUT2D eigenvalue weighted by Gasteiger charge is -2.28. The van der Waals surface area contributed by atoms with Crippen molar-refractivity contribution in [2.75, 3.05) is 26.7 Å². The molecule has 0 spiro atoms. The Morgan fingerprint density at radius 3 is 2.85 bits per heavy atom. The standard InChI is InChI=1S/C15H24BrN3O/c1-4-18-8-6-7-13(18)11-17(3)15(20)14-9-12(16)10-19(14)5-2/h9-10,13H,4-8,11H2,1-3H3. The first-order valence-corrected chi connectivity index (χ1v) is 8.21. The molecule has 2 heterocycles. The molecule has 2 rings (SSSR count). The molecule has 0 aliphatic carbocycles. The molecule has 0 bridgehead atoms. The molecule has 1 fully saturated rings. The van der Waals surface area contributed by atoms with E-state index in [1.165, 1.54) is 19.4 Å². The van der Waals surface area contributed by atoms with E-state index < -0.39 is 0 Å². The molecule has 1 saturated heterocycles. The first-order valence-electron chi connectivity index (χ1n) is 7.42. The molecule has 20 heavy (non-hydrogen) atoms. The number of carbonyl (C=O) groups is 1. The van der Waals surface area contributed by atoms with E-state index in [0.29, 0.717) is 6.04 Å². The van der Waals surface area contributed by atoms with Crippen LogP contribution in [0.25, 0.3) is 0 Å². The van der Waals surface area contributed by atoms with E-state index in [9.17, 15) is 4.79 Å². The summed E-state index contributed by atoms with van der Waals surface area (Å²) in [4.78, 5) is 16.9. The maximum atomic E-state index is 12.6. The van der Waals surface area contributed by atoms with Crippen molar-refractivity contribution in [2.24, 2.45) is 0 Å². The highest BCUT2D eigenvalue weighted by molar-refractivity contribution is 9.10. The maximum Gasteiger partial charge on any atom is 0.270 e. The molecular weight excluding hydrogens is 318 g/mol. The summed E-state index contributed by atoms with van der Waals surface area (Å²) < 4.78 is 2.96. The predicted octanol–water partition coefficient (Wildman–Crippen LogP) is 2.83. The summed E-state index contributed by atoms with van der Waals surface area (Å²) in [6.45, 7) is 8.12. The zero-order valence-electron chi connectivity index (χ0n) is 12.6. The number of halogens is 1. The van der Waals surface area contributed by atoms with Crippen molar-refractivity contribution < 1.29 is 4.79 Å². The number of nitrogens with zero attached hydrogens (tertiary/aromatic N) is 3. The Morgan fingerprint density at radius 2 is 2.20 bits per heavy atom. The zero-order chi connectivity index (χ0) is 14.7. The average molecular weight is 342 g/mol. The van der Waals surface area contributed by atoms with Crippen molar-refractivity contribution in [1.82, 2.24) is 14.4 Å². The van der Waals surface area contributed by atoms with Gasteiger partial charge in [-0.3, -0.25) is 9.69 Å². The topological polar surface area (TPSA) is 28.5 Å². The molecule has 4 nitrogen and oxygen atoms in total. The minimum atomic E-state index is 0.112. The fourth-order valence-electron chi connectivity index (χ4n) is 3.03. The molecule has 112 valence electrons. The molecular formula is C15H24BrN3O. The van der Waals surface area contributed by atoms with Crippen LogP contribution >= 0.6 is 15.9 Å². The second kappa shape index (κ2) is 6.76. The van der Waals surface area contributed by atoms with E-state index >= 15 is 0 Å². The normalized spacial score (nSPS) is 19.5. The van der Waals surface area contributed by atoms with Gasteiger partial charge in [0, 0.05) is 36.8 Å². The van der Waals surface area contributed by atoms with Gasteiger partial charge < -0.3 is 9.47 Å². The molecule has 1 aliphatic heterocycles. The lowest BCUT2D eigenvalue weighted by atomic mass is 10.2. The molecule has 1 amide bonds. The summed E-state index contributed by atoms with van der Waals surface area (Å²) in [6, 6.07) is 2.43. The Balaban J connectivity index is 2.04. The van der Waals surface area contributed by atoms with E-state index in [2.05, 4.69) is 34.7 Å². The van der Waals surface area contributed by atoms with E-state index in [4.69, 9.17) is 0 Å². The van der Waals surface area contributed by atoms with Gasteiger partial charge in [-0.1, -0.05) is 6.92 Å². The third-order valence-corrected chi connectivity index (χ3v) is 4.59. The minimum absolute atomic E-state index is 0.112. The summed E-state index contributed by atoms with van der Waals surface area (Å²) in [6.07, 6.45) is 4.41. The summed E-state index contributed by atoms with van der Waals surface area (Å²) in [5.41, 5.74) is 0.767. The van der Waals surface area contributed by atoms with Gasteiger partial charge in [-0.05, 0) is 54.9 Å². The molecule has 1 atom stereocenters. The van der Waals surface area contributed by atoms with Crippen LogP contribution in [0.3, 0.4) is 0 Å². The Bertz CT molecular complexity index is 472. The number of aromatic nitrogens is 1. The van der Waals surface area contributed by atoms with Crippen LogP contribution < -0.4 is 0 Å². The number of rotatable bonds is 5. The van der Waals surface area contributed by atoms with Gasteiger partial charge in [0.15, 0.2) is 0 Å². The molecule has 1 aromatic rings. The minimum Gasteiger partial charge on any atom is -0.343 e. The lowest BCUT2D eigenvalue weighted by Crippen LogP contribution is -2.41. The van der Waals surface area contributed by atoms with Crippen molar-refractivity contribution in [3.8, 4) is 0 Å². The molecule has 1 aromatic heterocycles. The van der Waals surface area contributed by atoms with Crippen LogP contribution in [-0.4, -0.2) is 53.0 Å². The Labute approximate surface area is 129 Å². The number of likely N-dealkylation sites (N-methyl/N-ethyl adjacent to an activating group) is 2. The summed E-state index contributed by atoms with van der Waals surface area (Å²) in [5.74, 6) is 0.112. The van der Waals surface area contributed by atoms with Crippen molar-refractivity contribution in [1.29, 1.82) is 0 Å². The Morgan fingerprint density at radius 1 is 1.45 bits per heavy atom. The van der Waals surface area contributed by atoms with E-state index in [-0.39, 0.29) is 5.91 Å². The number of hydrogen-bond donors (Lipinski definition) is 0. The molecule has 1 aliphatic rings. The molecule has 1 unspecified atom stereocenters. The van der Waals surface area contributed by atoms with Crippen LogP contribution in [-0.2, 0) is 6.54 Å². The highest BCUT2D eigenvalue weighted by Gasteiger charge is 2.26. The van der Waals surface area contributed by atoms with Gasteiger partial charge in [-0.25, -0.2) is 0 Å². The van der Waals surface area contributed by atoms with Crippen molar-refractivity contribution in [2.45, 2.75) is 39.3 Å². The van der Waals surface area contributed by atoms with E-state index in [1.807, 2.05) is 28.8 Å². The fraction of sp³-hybridized carbons (Fsp3) is 0.667. The van der Waals surface area contributed by atoms with Crippen LogP contribution in [0.2, 0.25) is 0 Å². The lowest BCUT2D eigenvalue weighted by molar-refractivity contribution is 0.0744. The maximum absolute atomic E-state index is 12.6. The SMILES string of the molecule is CCN1CCCC1CN(C)C(=O)c1cc(Br)cn1CC. The second-order valence-corrected chi connectivity index (χ2v) is 6.36. The first kappa shape index (κ1) is 15.6. The average Bonchev–Trinajstić information content (AvgIpc) is 3.03. The molecule has 0 aromatic carbocycles. The smallest absolute Gasteiger partial charge is 0.270 e. The monoisotopic (exact) mass is 341 g/mol. The largest absolute Gasteiger partial charge is 0.343 e. The van der Waals surface area contributed by atoms with Crippen molar-refractivity contribution >= 4 is 21.8 Å². The molecule has 0 saturated carbocycles. The van der Waals surface area contributed by atoms with Crippen LogP contribution in [0.5, 0.6) is 0 Å². The van der Waals surface area contributed by atoms with Gasteiger partial charge in [-0.2, -0.15) is 0 Å². The highest BCUT2D eigenvalue weighted by Crippen LogP contribution is 2.20. The number of aryl methyl sites for hydroxylation is 1. The number of likely N-dealkylation sites (tertiary alicyclic amines) is 1. The second-order valence-electron chi connectivity index (χ2n) is 5.44. The summed E-state index contributed by atoms with van der Waals surface area (Å²) >= 11 is 3.45. The van der Waals surface area contributed by atoms with Crippen LogP contribution in [0.15, 0.2) is 16.7 Å². The van der Waals surface area contributed by atoms with Crippen LogP contribution in [0.1, 0.15) is 37.2 Å². The predicted molar refractivity (Wildman–Crippen MR) is 85.0 cm³/mol. The summed E-state index contributed by atoms with van der Waals surface area (Å²) in [5, 5.41) is 0. The van der Waals surface area contributed by atoms with Crippen molar-refractivity contribution in [3.05, 3.63) is 22.4 Å². The molecule has 0 radical (unpaired) electrons. The van der Waals surface area contributed by atoms with Crippen LogP contribution in [0, 0.1) is 0 Å². The van der Waals surface area contributed by atoms with E-state index in [1.54, 1.807) is 0 Å². The number of hydrogen-bond acceptors (Lipinski definition) is 2. The quantitative estimate of drug-likeness (QED) is 0.823. The summed E-state index contributed by atoms with van der Waals surface area (Å²) in [7, 11) is 1.91. The third kappa shape index (κ3) is 3.26. The molecule has 0 N–H and O–H groups in total. The van der Waals surface area contributed by atoms with Gasteiger partial charge in [0.05, 0.1) is 0 Å². The van der Waals surface area contributed by atoms with Gasteiger partial charge >= 0.3 is 0 Å². The van der Waals surface area contributed by atoms with E-state index in [0.717, 1.165) is 29.8 Å². The van der Waals surface area contributed by atoms with Gasteiger partial charge in [-0.15, -0.1) is 0 Å². The van der Waals surface area contributed by atoms with Gasteiger partial charge in [0.2, 0.25) is 0 Å². The van der Waals surface area contributed by atoms with Gasteiger partial charge in [0.25, 0.3) is 5.91 Å². The fourth-order valence-corrected chi connectivity index (χ4v) is 3.49. The number of amides is 1. The zero-order valence-corrected chi connectivity index (χ0v) is 14.2. The third-order valence-electron chi connectivity index (χ3n) is 4.16.